The largest absolute Gasteiger partial charge is 0.373 e. The molecule has 0 radical (unpaired) electrons. The minimum Gasteiger partial charge on any atom is -0.373 e. The fraction of sp³-hybridized carbons (Fsp3) is 0.250. The van der Waals surface area contributed by atoms with E-state index in [0.717, 1.165) is 17.5 Å². The minimum atomic E-state index is -3.91. The first kappa shape index (κ1) is 15.6. The van der Waals surface area contributed by atoms with Crippen LogP contribution in [0.5, 0.6) is 0 Å². The Kier molecular flexibility index (Phi) is 4.40. The van der Waals surface area contributed by atoms with Crippen LogP contribution in [0.4, 0.5) is 0 Å². The second-order valence-corrected chi connectivity index (χ2v) is 6.91. The Morgan fingerprint density at radius 3 is 2.87 bits per heavy atom. The second-order valence-electron chi connectivity index (χ2n) is 5.23. The molecule has 0 fully saturated rings. The number of rotatable bonds is 4. The van der Waals surface area contributed by atoms with Crippen molar-refractivity contribution in [3.63, 3.8) is 0 Å². The lowest BCUT2D eigenvalue weighted by Gasteiger charge is -2.25. The number of hydrogen-bond donors (Lipinski definition) is 1. The van der Waals surface area contributed by atoms with Crippen molar-refractivity contribution < 1.29 is 17.9 Å². The average Bonchev–Trinajstić information content (AvgIpc) is 2.55. The molecular formula is C16H16N2O4S. The summed E-state index contributed by atoms with van der Waals surface area (Å²) in [5, 5.41) is 0. The summed E-state index contributed by atoms with van der Waals surface area (Å²) in [6.07, 6.45) is 2.98. The van der Waals surface area contributed by atoms with Crippen molar-refractivity contribution in [1.82, 2.24) is 9.71 Å². The zero-order valence-electron chi connectivity index (χ0n) is 12.3. The molecule has 6 nitrogen and oxygen atoms in total. The third-order valence-corrected chi connectivity index (χ3v) is 5.01. The van der Waals surface area contributed by atoms with Gasteiger partial charge in [-0.05, 0) is 29.7 Å². The fourth-order valence-corrected chi connectivity index (χ4v) is 3.53. The molecule has 0 unspecified atom stereocenters. The number of nitrogens with one attached hydrogen (secondary N) is 1. The van der Waals surface area contributed by atoms with Crippen LogP contribution < -0.4 is 4.72 Å². The molecule has 0 bridgehead atoms. The first-order valence-corrected chi connectivity index (χ1v) is 8.70. The molecule has 1 atom stereocenters. The van der Waals surface area contributed by atoms with Crippen LogP contribution in [-0.2, 0) is 26.0 Å². The first-order valence-electron chi connectivity index (χ1n) is 7.21. The highest BCUT2D eigenvalue weighted by Gasteiger charge is 2.25. The van der Waals surface area contributed by atoms with Crippen LogP contribution >= 0.6 is 0 Å². The lowest BCUT2D eigenvalue weighted by molar-refractivity contribution is -0.122. The number of benzene rings is 1. The molecule has 2 heterocycles. The van der Waals surface area contributed by atoms with Crippen LogP contribution in [0.2, 0.25) is 0 Å². The van der Waals surface area contributed by atoms with Crippen LogP contribution in [0, 0.1) is 0 Å². The number of hydrogen-bond acceptors (Lipinski definition) is 5. The molecule has 0 spiro atoms. The Hall–Kier alpha value is -2.25. The van der Waals surface area contributed by atoms with Gasteiger partial charge in [0.25, 0.3) is 10.0 Å². The molecule has 0 aliphatic carbocycles. The number of pyridine rings is 1. The molecule has 1 N–H and O–H groups in total. The maximum atomic E-state index is 12.1. The molecule has 120 valence electrons. The summed E-state index contributed by atoms with van der Waals surface area (Å²) in [6, 6.07) is 10.6. The van der Waals surface area contributed by atoms with Crippen molar-refractivity contribution >= 4 is 15.9 Å². The number of carbonyl (C=O) groups excluding carboxylic acids is 1. The minimum absolute atomic E-state index is 0.0432. The van der Waals surface area contributed by atoms with Gasteiger partial charge in [0.15, 0.2) is 0 Å². The number of ether oxygens (including phenoxy) is 1. The molecule has 1 aliphatic rings. The standard InChI is InChI=1S/C16H16N2O4S/c19-16(18-23(20,21)13-5-3-8-17-11-13)10-15-14-6-2-1-4-12(14)7-9-22-15/h1-6,8,11,15H,7,9-10H2,(H,18,19)/t15-/m0/s1. The smallest absolute Gasteiger partial charge is 0.265 e. The number of fused-ring (bicyclic) bond motifs is 1. The van der Waals surface area contributed by atoms with Crippen molar-refractivity contribution in [1.29, 1.82) is 0 Å². The SMILES string of the molecule is O=C(C[C@@H]1OCCc2ccccc21)NS(=O)(=O)c1cccnc1. The van der Waals surface area contributed by atoms with Crippen molar-refractivity contribution in [3.8, 4) is 0 Å². The van der Waals surface area contributed by atoms with E-state index < -0.39 is 22.0 Å². The van der Waals surface area contributed by atoms with E-state index in [2.05, 4.69) is 9.71 Å². The van der Waals surface area contributed by atoms with Crippen molar-refractivity contribution in [3.05, 3.63) is 59.9 Å². The summed E-state index contributed by atoms with van der Waals surface area (Å²) >= 11 is 0. The molecule has 1 aromatic carbocycles. The Bertz CT molecular complexity index is 806. The highest BCUT2D eigenvalue weighted by Crippen LogP contribution is 2.29. The van der Waals surface area contributed by atoms with E-state index in [4.69, 9.17) is 4.74 Å². The Labute approximate surface area is 134 Å². The van der Waals surface area contributed by atoms with Gasteiger partial charge in [0.1, 0.15) is 4.90 Å². The van der Waals surface area contributed by atoms with Crippen LogP contribution in [0.1, 0.15) is 23.7 Å². The number of sulfonamides is 1. The summed E-state index contributed by atoms with van der Waals surface area (Å²) in [4.78, 5) is 15.8. The van der Waals surface area contributed by atoms with Gasteiger partial charge in [-0.15, -0.1) is 0 Å². The zero-order valence-corrected chi connectivity index (χ0v) is 13.1. The van der Waals surface area contributed by atoms with Crippen LogP contribution in [0.25, 0.3) is 0 Å². The van der Waals surface area contributed by atoms with E-state index >= 15 is 0 Å². The van der Waals surface area contributed by atoms with Gasteiger partial charge >= 0.3 is 0 Å². The topological polar surface area (TPSA) is 85.4 Å². The lowest BCUT2D eigenvalue weighted by Crippen LogP contribution is -2.32. The van der Waals surface area contributed by atoms with E-state index in [9.17, 15) is 13.2 Å². The maximum Gasteiger partial charge on any atom is 0.265 e. The Balaban J connectivity index is 1.71. The van der Waals surface area contributed by atoms with Crippen molar-refractivity contribution in [2.75, 3.05) is 6.61 Å². The van der Waals surface area contributed by atoms with Crippen molar-refractivity contribution in [2.24, 2.45) is 0 Å². The second kappa shape index (κ2) is 6.47. The Morgan fingerprint density at radius 2 is 2.09 bits per heavy atom. The van der Waals surface area contributed by atoms with E-state index in [1.54, 1.807) is 0 Å². The fourth-order valence-electron chi connectivity index (χ4n) is 2.57. The van der Waals surface area contributed by atoms with Gasteiger partial charge in [-0.3, -0.25) is 9.78 Å². The normalized spacial score (nSPS) is 17.3. The van der Waals surface area contributed by atoms with Gasteiger partial charge in [-0.2, -0.15) is 0 Å². The van der Waals surface area contributed by atoms with Crippen molar-refractivity contribution in [2.45, 2.75) is 23.8 Å². The average molecular weight is 332 g/mol. The first-order chi connectivity index (χ1) is 11.1. The van der Waals surface area contributed by atoms with Gasteiger partial charge in [-0.1, -0.05) is 24.3 Å². The van der Waals surface area contributed by atoms with E-state index in [-0.39, 0.29) is 11.3 Å². The van der Waals surface area contributed by atoms with Gasteiger partial charge in [0.2, 0.25) is 5.91 Å². The predicted octanol–water partition coefficient (Wildman–Crippen LogP) is 1.59. The van der Waals surface area contributed by atoms with Crippen LogP contribution in [-0.4, -0.2) is 25.9 Å². The van der Waals surface area contributed by atoms with Gasteiger partial charge in [0.05, 0.1) is 19.1 Å². The molecule has 1 aromatic heterocycles. The number of carbonyl (C=O) groups is 1. The molecule has 1 aliphatic heterocycles. The molecule has 0 saturated carbocycles. The third-order valence-electron chi connectivity index (χ3n) is 3.66. The summed E-state index contributed by atoms with van der Waals surface area (Å²) in [5.74, 6) is -0.601. The monoisotopic (exact) mass is 332 g/mol. The third kappa shape index (κ3) is 3.57. The van der Waals surface area contributed by atoms with E-state index in [1.807, 2.05) is 24.3 Å². The summed E-state index contributed by atoms with van der Waals surface area (Å²) in [7, 11) is -3.91. The highest BCUT2D eigenvalue weighted by atomic mass is 32.2. The molecule has 23 heavy (non-hydrogen) atoms. The predicted molar refractivity (Wildman–Crippen MR) is 83.0 cm³/mol. The molecule has 0 saturated heterocycles. The number of aromatic nitrogens is 1. The summed E-state index contributed by atoms with van der Waals surface area (Å²) in [5.41, 5.74) is 2.07. The number of amides is 1. The summed E-state index contributed by atoms with van der Waals surface area (Å²) < 4.78 is 31.9. The maximum absolute atomic E-state index is 12.1. The summed E-state index contributed by atoms with van der Waals surface area (Å²) in [6.45, 7) is 0.518. The molecule has 2 aromatic rings. The number of nitrogens with zero attached hydrogens (tertiary/aromatic N) is 1. The van der Waals surface area contributed by atoms with Crippen LogP contribution in [0.3, 0.4) is 0 Å². The van der Waals surface area contributed by atoms with Crippen LogP contribution in [0.15, 0.2) is 53.7 Å². The van der Waals surface area contributed by atoms with Gasteiger partial charge in [-0.25, -0.2) is 13.1 Å². The van der Waals surface area contributed by atoms with E-state index in [1.165, 1.54) is 24.5 Å². The van der Waals surface area contributed by atoms with Gasteiger partial charge < -0.3 is 4.74 Å². The van der Waals surface area contributed by atoms with Gasteiger partial charge in [0, 0.05) is 12.4 Å². The lowest BCUT2D eigenvalue weighted by atomic mass is 9.96. The molecule has 3 rings (SSSR count). The highest BCUT2D eigenvalue weighted by molar-refractivity contribution is 7.90. The van der Waals surface area contributed by atoms with E-state index in [0.29, 0.717) is 6.61 Å². The molecule has 1 amide bonds. The molecular weight excluding hydrogens is 316 g/mol. The Morgan fingerprint density at radius 1 is 1.26 bits per heavy atom. The molecule has 7 heteroatoms. The zero-order chi connectivity index (χ0) is 16.3. The quantitative estimate of drug-likeness (QED) is 0.919.